The van der Waals surface area contributed by atoms with E-state index in [1.54, 1.807) is 6.92 Å². The molecule has 88 valence electrons. The number of hydrogen-bond acceptors (Lipinski definition) is 4. The van der Waals surface area contributed by atoms with Crippen molar-refractivity contribution in [2.75, 3.05) is 13.2 Å². The first kappa shape index (κ1) is 11.1. The predicted molar refractivity (Wildman–Crippen MR) is 55.4 cm³/mol. The van der Waals surface area contributed by atoms with E-state index in [4.69, 9.17) is 9.47 Å². The van der Waals surface area contributed by atoms with E-state index < -0.39 is 12.2 Å². The molecule has 2 heterocycles. The summed E-state index contributed by atoms with van der Waals surface area (Å²) in [6, 6.07) is 0.0819. The fourth-order valence-electron chi connectivity index (χ4n) is 1.96. The number of hydrogen-bond donors (Lipinski definition) is 0. The lowest BCUT2D eigenvalue weighted by atomic mass is 9.97. The number of amides is 1. The lowest BCUT2D eigenvalue weighted by Gasteiger charge is -2.44. The highest BCUT2D eigenvalue weighted by Gasteiger charge is 2.44. The average Bonchev–Trinajstić information content (AvgIpc) is 2.22. The van der Waals surface area contributed by atoms with E-state index >= 15 is 0 Å². The molecule has 1 amide bonds. The largest absolute Gasteiger partial charge is 0.463 e. The van der Waals surface area contributed by atoms with Gasteiger partial charge in [-0.05, 0) is 13.3 Å². The number of β-lactam (4-membered cyclic amide) rings is 1. The molecule has 1 saturated heterocycles. The van der Waals surface area contributed by atoms with Crippen molar-refractivity contribution in [1.82, 2.24) is 4.90 Å². The second-order valence-corrected chi connectivity index (χ2v) is 3.80. The monoisotopic (exact) mass is 225 g/mol. The van der Waals surface area contributed by atoms with Crippen molar-refractivity contribution in [2.24, 2.45) is 0 Å². The molecule has 0 saturated carbocycles. The van der Waals surface area contributed by atoms with Gasteiger partial charge in [-0.3, -0.25) is 4.79 Å². The summed E-state index contributed by atoms with van der Waals surface area (Å²) in [7, 11) is 0. The molecule has 5 nitrogen and oxygen atoms in total. The zero-order valence-electron chi connectivity index (χ0n) is 9.22. The smallest absolute Gasteiger partial charge is 0.356 e. The first-order valence-electron chi connectivity index (χ1n) is 5.48. The van der Waals surface area contributed by atoms with E-state index in [1.807, 2.05) is 12.2 Å². The molecule has 0 aromatic rings. The van der Waals surface area contributed by atoms with Crippen molar-refractivity contribution in [3.8, 4) is 0 Å². The summed E-state index contributed by atoms with van der Waals surface area (Å²) >= 11 is 0. The highest BCUT2D eigenvalue weighted by molar-refractivity contribution is 5.88. The summed E-state index contributed by atoms with van der Waals surface area (Å²) in [5, 5.41) is 0. The molecule has 2 rings (SSSR count). The number of carbonyl (C=O) groups is 2. The van der Waals surface area contributed by atoms with Crippen LogP contribution in [0.3, 0.4) is 0 Å². The third-order valence-electron chi connectivity index (χ3n) is 2.76. The van der Waals surface area contributed by atoms with Crippen LogP contribution in [0, 0.1) is 0 Å². The Balaban J connectivity index is 2.10. The second kappa shape index (κ2) is 4.65. The Bertz CT molecular complexity index is 326. The quantitative estimate of drug-likeness (QED) is 0.389. The van der Waals surface area contributed by atoms with Crippen molar-refractivity contribution < 1.29 is 19.1 Å². The Hall–Kier alpha value is -1.36. The Kier molecular flexibility index (Phi) is 3.24. The van der Waals surface area contributed by atoms with Gasteiger partial charge >= 0.3 is 5.97 Å². The van der Waals surface area contributed by atoms with E-state index in [9.17, 15) is 9.59 Å². The second-order valence-electron chi connectivity index (χ2n) is 3.80. The standard InChI is InChI=1S/C11H15NO4/c1-2-15-11(14)10-12-8(7-9(12)13)5-3-4-6-16-10/h3-4,8,10H,2,5-7H2,1H3/b4-3-/t8-,10-/m1/s1. The molecular weight excluding hydrogens is 210 g/mol. The Morgan fingerprint density at radius 2 is 2.44 bits per heavy atom. The van der Waals surface area contributed by atoms with Crippen LogP contribution in [0.1, 0.15) is 19.8 Å². The van der Waals surface area contributed by atoms with Crippen LogP contribution in [0.2, 0.25) is 0 Å². The van der Waals surface area contributed by atoms with E-state index in [0.717, 1.165) is 6.42 Å². The van der Waals surface area contributed by atoms with Gasteiger partial charge in [-0.1, -0.05) is 12.2 Å². The van der Waals surface area contributed by atoms with E-state index in [1.165, 1.54) is 4.90 Å². The fraction of sp³-hybridized carbons (Fsp3) is 0.636. The molecule has 2 aliphatic heterocycles. The van der Waals surface area contributed by atoms with Crippen LogP contribution < -0.4 is 0 Å². The zero-order chi connectivity index (χ0) is 11.5. The summed E-state index contributed by atoms with van der Waals surface area (Å²) < 4.78 is 10.2. The Morgan fingerprint density at radius 3 is 3.12 bits per heavy atom. The number of nitrogens with zero attached hydrogens (tertiary/aromatic N) is 1. The van der Waals surface area contributed by atoms with E-state index in [-0.39, 0.29) is 11.9 Å². The third kappa shape index (κ3) is 1.95. The lowest BCUT2D eigenvalue weighted by molar-refractivity contribution is -0.190. The number of carbonyl (C=O) groups excluding carboxylic acids is 2. The van der Waals surface area contributed by atoms with Gasteiger partial charge in [0, 0.05) is 12.5 Å². The molecule has 0 aliphatic carbocycles. The summed E-state index contributed by atoms with van der Waals surface area (Å²) in [5.41, 5.74) is 0. The maximum Gasteiger partial charge on any atom is 0.356 e. The van der Waals surface area contributed by atoms with Crippen LogP contribution in [0.25, 0.3) is 0 Å². The maximum absolute atomic E-state index is 11.6. The molecule has 0 N–H and O–H groups in total. The molecule has 0 spiro atoms. The molecule has 0 bridgehead atoms. The fourth-order valence-corrected chi connectivity index (χ4v) is 1.96. The van der Waals surface area contributed by atoms with Gasteiger partial charge in [-0.2, -0.15) is 0 Å². The minimum Gasteiger partial charge on any atom is -0.463 e. The van der Waals surface area contributed by atoms with Crippen LogP contribution in [-0.2, 0) is 19.1 Å². The summed E-state index contributed by atoms with van der Waals surface area (Å²) in [6.45, 7) is 2.36. The van der Waals surface area contributed by atoms with Crippen molar-refractivity contribution in [2.45, 2.75) is 32.0 Å². The Labute approximate surface area is 94.0 Å². The van der Waals surface area contributed by atoms with Crippen molar-refractivity contribution in [1.29, 1.82) is 0 Å². The first-order valence-corrected chi connectivity index (χ1v) is 5.48. The molecule has 0 radical (unpaired) electrons. The third-order valence-corrected chi connectivity index (χ3v) is 2.76. The molecule has 16 heavy (non-hydrogen) atoms. The van der Waals surface area contributed by atoms with Crippen LogP contribution in [0.4, 0.5) is 0 Å². The van der Waals surface area contributed by atoms with Crippen LogP contribution in [0.5, 0.6) is 0 Å². The molecule has 0 aromatic carbocycles. The number of ether oxygens (including phenoxy) is 2. The molecule has 2 atom stereocenters. The Morgan fingerprint density at radius 1 is 1.62 bits per heavy atom. The molecule has 0 unspecified atom stereocenters. The van der Waals surface area contributed by atoms with Gasteiger partial charge in [0.25, 0.3) is 0 Å². The van der Waals surface area contributed by atoms with Gasteiger partial charge < -0.3 is 14.4 Å². The van der Waals surface area contributed by atoms with Gasteiger partial charge in [0.15, 0.2) is 0 Å². The van der Waals surface area contributed by atoms with E-state index in [0.29, 0.717) is 19.6 Å². The van der Waals surface area contributed by atoms with Crippen LogP contribution >= 0.6 is 0 Å². The normalized spacial score (nSPS) is 30.8. The van der Waals surface area contributed by atoms with Crippen molar-refractivity contribution >= 4 is 11.9 Å². The van der Waals surface area contributed by atoms with Gasteiger partial charge in [0.2, 0.25) is 12.1 Å². The minimum absolute atomic E-state index is 0.0432. The highest BCUT2D eigenvalue weighted by atomic mass is 16.6. The maximum atomic E-state index is 11.6. The van der Waals surface area contributed by atoms with Crippen molar-refractivity contribution in [3.05, 3.63) is 12.2 Å². The topological polar surface area (TPSA) is 55.8 Å². The number of fused-ring (bicyclic) bond motifs is 1. The summed E-state index contributed by atoms with van der Waals surface area (Å²) in [5.74, 6) is -0.519. The van der Waals surface area contributed by atoms with Crippen LogP contribution in [0.15, 0.2) is 12.2 Å². The van der Waals surface area contributed by atoms with Gasteiger partial charge in [-0.15, -0.1) is 0 Å². The van der Waals surface area contributed by atoms with Gasteiger partial charge in [0.1, 0.15) is 0 Å². The predicted octanol–water partition coefficient (Wildman–Crippen LogP) is 0.453. The highest BCUT2D eigenvalue weighted by Crippen LogP contribution is 2.27. The molecule has 1 fully saturated rings. The van der Waals surface area contributed by atoms with Gasteiger partial charge in [-0.25, -0.2) is 4.79 Å². The molecule has 2 aliphatic rings. The molecular formula is C11H15NO4. The van der Waals surface area contributed by atoms with Crippen molar-refractivity contribution in [3.63, 3.8) is 0 Å². The SMILES string of the molecule is CCOC(=O)[C@H]1OC/C=C\C[C@@H]2CC(=O)N21. The lowest BCUT2D eigenvalue weighted by Crippen LogP contribution is -2.61. The summed E-state index contributed by atoms with van der Waals surface area (Å²) in [4.78, 5) is 24.6. The average molecular weight is 225 g/mol. The number of rotatable bonds is 2. The zero-order valence-corrected chi connectivity index (χ0v) is 9.22. The van der Waals surface area contributed by atoms with Crippen LogP contribution in [-0.4, -0.2) is 42.3 Å². The first-order chi connectivity index (χ1) is 7.74. The minimum atomic E-state index is -0.865. The molecule has 5 heteroatoms. The number of esters is 1. The van der Waals surface area contributed by atoms with E-state index in [2.05, 4.69) is 0 Å². The van der Waals surface area contributed by atoms with Gasteiger partial charge in [0.05, 0.1) is 13.2 Å². The molecule has 0 aromatic heterocycles. The summed E-state index contributed by atoms with van der Waals surface area (Å²) in [6.07, 6.45) is 4.25.